The van der Waals surface area contributed by atoms with Gasteiger partial charge in [0, 0.05) is 24.7 Å². The Bertz CT molecular complexity index is 658. The maximum Gasteiger partial charge on any atom is 0.325 e. The number of carboxylic acid groups (broad SMARTS) is 1. The number of aliphatic carboxylic acids is 1. The molecule has 0 radical (unpaired) electrons. The van der Waals surface area contributed by atoms with Crippen LogP contribution in [0.5, 0.6) is 0 Å². The molecule has 1 heterocycles. The van der Waals surface area contributed by atoms with Gasteiger partial charge in [0.1, 0.15) is 11.9 Å². The molecule has 1 saturated carbocycles. The minimum absolute atomic E-state index is 0.0286. The van der Waals surface area contributed by atoms with E-state index in [2.05, 4.69) is 0 Å². The topological polar surface area (TPSA) is 60.9 Å². The van der Waals surface area contributed by atoms with Gasteiger partial charge in [0.15, 0.2) is 0 Å². The molecule has 1 aliphatic heterocycles. The Labute approximate surface area is 147 Å². The molecule has 136 valence electrons. The van der Waals surface area contributed by atoms with Crippen molar-refractivity contribution >= 4 is 11.9 Å². The molecular weight excluding hydrogens is 323 g/mol. The number of halogens is 1. The highest BCUT2D eigenvalue weighted by atomic mass is 19.1. The molecule has 3 rings (SSSR count). The number of nitrogens with zero attached hydrogens (tertiary/aromatic N) is 2. The van der Waals surface area contributed by atoms with Crippen LogP contribution in [0.1, 0.15) is 49.3 Å². The van der Waals surface area contributed by atoms with Crippen molar-refractivity contribution in [3.8, 4) is 0 Å². The average molecular weight is 348 g/mol. The van der Waals surface area contributed by atoms with Gasteiger partial charge in [-0.2, -0.15) is 0 Å². The van der Waals surface area contributed by atoms with E-state index in [-0.39, 0.29) is 24.1 Å². The quantitative estimate of drug-likeness (QED) is 0.909. The summed E-state index contributed by atoms with van der Waals surface area (Å²) < 4.78 is 14.4. The molecule has 1 aliphatic carbocycles. The van der Waals surface area contributed by atoms with Gasteiger partial charge in [-0.1, -0.05) is 37.5 Å². The van der Waals surface area contributed by atoms with Gasteiger partial charge in [0.25, 0.3) is 0 Å². The lowest BCUT2D eigenvalue weighted by Crippen LogP contribution is -2.56. The maximum atomic E-state index is 14.4. The van der Waals surface area contributed by atoms with Gasteiger partial charge in [-0.05, 0) is 25.3 Å². The number of carbonyl (C=O) groups is 2. The molecule has 0 spiro atoms. The zero-order valence-electron chi connectivity index (χ0n) is 14.6. The summed E-state index contributed by atoms with van der Waals surface area (Å²) in [7, 11) is 0. The first kappa shape index (κ1) is 17.9. The second-order valence-corrected chi connectivity index (χ2v) is 7.07. The van der Waals surface area contributed by atoms with Crippen LogP contribution < -0.4 is 0 Å². The first-order valence-electron chi connectivity index (χ1n) is 9.00. The third kappa shape index (κ3) is 3.68. The number of aryl methyl sites for hydroxylation is 1. The number of carboxylic acids is 1. The van der Waals surface area contributed by atoms with Crippen molar-refractivity contribution in [2.75, 3.05) is 19.6 Å². The van der Waals surface area contributed by atoms with Crippen LogP contribution in [0.2, 0.25) is 0 Å². The van der Waals surface area contributed by atoms with Crippen molar-refractivity contribution in [1.82, 2.24) is 9.80 Å². The van der Waals surface area contributed by atoms with Crippen LogP contribution in [0.3, 0.4) is 0 Å². The molecule has 2 fully saturated rings. The zero-order valence-corrected chi connectivity index (χ0v) is 14.6. The molecule has 0 aromatic heterocycles. The van der Waals surface area contributed by atoms with Gasteiger partial charge >= 0.3 is 5.97 Å². The van der Waals surface area contributed by atoms with Crippen LogP contribution in [0.25, 0.3) is 0 Å². The summed E-state index contributed by atoms with van der Waals surface area (Å²) in [6.45, 7) is 2.61. The third-order valence-electron chi connectivity index (χ3n) is 5.42. The lowest BCUT2D eigenvalue weighted by molar-refractivity contribution is -0.149. The first-order chi connectivity index (χ1) is 12.0. The molecule has 0 unspecified atom stereocenters. The highest BCUT2D eigenvalue weighted by molar-refractivity contribution is 5.82. The summed E-state index contributed by atoms with van der Waals surface area (Å²) in [5.74, 6) is -1.67. The normalized spacial score (nSPS) is 21.4. The zero-order chi connectivity index (χ0) is 18.0. The van der Waals surface area contributed by atoms with Gasteiger partial charge in [0.2, 0.25) is 5.91 Å². The number of benzene rings is 1. The van der Waals surface area contributed by atoms with Crippen LogP contribution in [0.15, 0.2) is 18.2 Å². The number of amides is 1. The minimum atomic E-state index is -1.13. The fourth-order valence-electron chi connectivity index (χ4n) is 4.07. The average Bonchev–Trinajstić information content (AvgIpc) is 2.59. The van der Waals surface area contributed by atoms with Crippen LogP contribution in [0.4, 0.5) is 4.39 Å². The van der Waals surface area contributed by atoms with Gasteiger partial charge in [-0.15, -0.1) is 0 Å². The van der Waals surface area contributed by atoms with Crippen LogP contribution >= 0.6 is 0 Å². The predicted octanol–water partition coefficient (Wildman–Crippen LogP) is 2.74. The predicted molar refractivity (Wildman–Crippen MR) is 91.7 cm³/mol. The van der Waals surface area contributed by atoms with E-state index in [0.29, 0.717) is 18.7 Å². The number of carbonyl (C=O) groups excluding carboxylic acids is 1. The number of hydrogen-bond acceptors (Lipinski definition) is 3. The number of hydrogen-bond donors (Lipinski definition) is 1. The lowest BCUT2D eigenvalue weighted by atomic mass is 9.93. The second kappa shape index (κ2) is 7.52. The van der Waals surface area contributed by atoms with E-state index in [0.717, 1.165) is 25.7 Å². The van der Waals surface area contributed by atoms with E-state index >= 15 is 0 Å². The standard InChI is InChI=1S/C19H25FN2O3/c1-13-6-5-9-15(17(13)20)18(19(24)25)21-10-11-22(16(23)12-21)14-7-3-2-4-8-14/h5-6,9,14,18H,2-4,7-8,10-12H2,1H3,(H,24,25)/t18-/m0/s1. The molecule has 1 saturated heterocycles. The van der Waals surface area contributed by atoms with E-state index in [4.69, 9.17) is 0 Å². The highest BCUT2D eigenvalue weighted by Gasteiger charge is 2.37. The Morgan fingerprint density at radius 1 is 1.24 bits per heavy atom. The monoisotopic (exact) mass is 348 g/mol. The molecule has 1 amide bonds. The van der Waals surface area contributed by atoms with Gasteiger partial charge in [-0.25, -0.2) is 4.39 Å². The van der Waals surface area contributed by atoms with E-state index in [1.165, 1.54) is 12.5 Å². The van der Waals surface area contributed by atoms with Gasteiger partial charge in [-0.3, -0.25) is 14.5 Å². The van der Waals surface area contributed by atoms with Crippen molar-refractivity contribution in [3.05, 3.63) is 35.1 Å². The SMILES string of the molecule is Cc1cccc([C@@H](C(=O)O)N2CCN(C3CCCCC3)C(=O)C2)c1F. The maximum absolute atomic E-state index is 14.4. The molecule has 1 N–H and O–H groups in total. The fraction of sp³-hybridized carbons (Fsp3) is 0.579. The smallest absolute Gasteiger partial charge is 0.325 e. The first-order valence-corrected chi connectivity index (χ1v) is 9.00. The van der Waals surface area contributed by atoms with Crippen molar-refractivity contribution in [3.63, 3.8) is 0 Å². The highest BCUT2D eigenvalue weighted by Crippen LogP contribution is 2.29. The summed E-state index contributed by atoms with van der Waals surface area (Å²) in [6, 6.07) is 3.92. The van der Waals surface area contributed by atoms with Crippen molar-refractivity contribution in [2.24, 2.45) is 0 Å². The summed E-state index contributed by atoms with van der Waals surface area (Å²) in [5, 5.41) is 9.66. The molecule has 25 heavy (non-hydrogen) atoms. The van der Waals surface area contributed by atoms with Crippen LogP contribution in [-0.4, -0.2) is 52.5 Å². The molecule has 1 atom stereocenters. The fourth-order valence-corrected chi connectivity index (χ4v) is 4.07. The second-order valence-electron chi connectivity index (χ2n) is 7.07. The Hall–Kier alpha value is -1.95. The molecule has 6 heteroatoms. The molecule has 0 bridgehead atoms. The van der Waals surface area contributed by atoms with Crippen molar-refractivity contribution in [1.29, 1.82) is 0 Å². The van der Waals surface area contributed by atoms with Crippen molar-refractivity contribution in [2.45, 2.75) is 51.1 Å². The number of rotatable bonds is 4. The molecule has 2 aliphatic rings. The Morgan fingerprint density at radius 3 is 2.60 bits per heavy atom. The molecule has 1 aromatic rings. The van der Waals surface area contributed by atoms with E-state index in [1.807, 2.05) is 4.90 Å². The summed E-state index contributed by atoms with van der Waals surface area (Å²) in [5.41, 5.74) is 0.544. The number of piperazine rings is 1. The van der Waals surface area contributed by atoms with Crippen molar-refractivity contribution < 1.29 is 19.1 Å². The van der Waals surface area contributed by atoms with Crippen LogP contribution in [-0.2, 0) is 9.59 Å². The largest absolute Gasteiger partial charge is 0.480 e. The van der Waals surface area contributed by atoms with Crippen LogP contribution in [0, 0.1) is 12.7 Å². The minimum Gasteiger partial charge on any atom is -0.480 e. The van der Waals surface area contributed by atoms with E-state index in [1.54, 1.807) is 24.0 Å². The molecular formula is C19H25FN2O3. The Balaban J connectivity index is 1.77. The Kier molecular flexibility index (Phi) is 5.37. The summed E-state index contributed by atoms with van der Waals surface area (Å²) in [4.78, 5) is 27.9. The third-order valence-corrected chi connectivity index (χ3v) is 5.42. The Morgan fingerprint density at radius 2 is 1.96 bits per heavy atom. The van der Waals surface area contributed by atoms with Gasteiger partial charge < -0.3 is 10.0 Å². The summed E-state index contributed by atoms with van der Waals surface area (Å²) >= 11 is 0. The lowest BCUT2D eigenvalue weighted by Gasteiger charge is -2.42. The van der Waals surface area contributed by atoms with E-state index in [9.17, 15) is 19.1 Å². The molecule has 1 aromatic carbocycles. The van der Waals surface area contributed by atoms with Gasteiger partial charge in [0.05, 0.1) is 6.54 Å². The van der Waals surface area contributed by atoms with E-state index < -0.39 is 17.8 Å². The summed E-state index contributed by atoms with van der Waals surface area (Å²) in [6.07, 6.45) is 5.56. The molecule has 5 nitrogen and oxygen atoms in total.